The Hall–Kier alpha value is -2.24. The summed E-state index contributed by atoms with van der Waals surface area (Å²) in [5, 5.41) is 2.85. The Bertz CT molecular complexity index is 537. The van der Waals surface area contributed by atoms with Crippen LogP contribution in [-0.2, 0) is 38.2 Å². The van der Waals surface area contributed by atoms with Gasteiger partial charge >= 0.3 is 12.1 Å². The van der Waals surface area contributed by atoms with Gasteiger partial charge in [0.15, 0.2) is 0 Å². The molecule has 0 aromatic carbocycles. The number of hydroxylamine groups is 2. The molecule has 11 nitrogen and oxygen atoms in total. The number of nitrogens with one attached hydrogen (secondary N) is 1. The normalized spacial score (nSPS) is 15.0. The highest BCUT2D eigenvalue weighted by molar-refractivity contribution is 6.01. The van der Waals surface area contributed by atoms with E-state index < -0.39 is 29.9 Å². The largest absolute Gasteiger partial charge is 0.447 e. The standard InChI is InChI=1S/C18H30N2O9/c1-13(2)12-14(17(23)29-20-15(21)4-5-16(20)22)19-18(24)28-11-10-27-9-8-26-7-6-25-3/h13-14H,4-12H2,1-3H3,(H,19,24)/t14-/m0/s1. The summed E-state index contributed by atoms with van der Waals surface area (Å²) in [6, 6.07) is -1.06. The molecule has 11 heteroatoms. The number of hydrogen-bond donors (Lipinski definition) is 1. The zero-order chi connectivity index (χ0) is 21.6. The molecule has 1 aliphatic heterocycles. The number of rotatable bonds is 14. The van der Waals surface area contributed by atoms with Crippen LogP contribution in [0.3, 0.4) is 0 Å². The van der Waals surface area contributed by atoms with Crippen molar-refractivity contribution >= 4 is 23.9 Å². The molecule has 1 aliphatic rings. The monoisotopic (exact) mass is 418 g/mol. The van der Waals surface area contributed by atoms with Gasteiger partial charge in [-0.2, -0.15) is 0 Å². The summed E-state index contributed by atoms with van der Waals surface area (Å²) in [5.41, 5.74) is 0. The molecule has 3 amide bonds. The van der Waals surface area contributed by atoms with Gasteiger partial charge in [0.2, 0.25) is 0 Å². The van der Waals surface area contributed by atoms with Crippen LogP contribution in [0.15, 0.2) is 0 Å². The third-order valence-corrected chi connectivity index (χ3v) is 3.74. The van der Waals surface area contributed by atoms with Gasteiger partial charge in [0.1, 0.15) is 12.6 Å². The zero-order valence-corrected chi connectivity index (χ0v) is 17.1. The first-order chi connectivity index (χ1) is 13.8. The van der Waals surface area contributed by atoms with E-state index in [1.54, 1.807) is 7.11 Å². The third-order valence-electron chi connectivity index (χ3n) is 3.74. The Morgan fingerprint density at radius 1 is 0.966 bits per heavy atom. The molecule has 0 bridgehead atoms. The SMILES string of the molecule is COCCOCCOCCOC(=O)N[C@@H](CC(C)C)C(=O)ON1C(=O)CCC1=O. The molecule has 1 saturated heterocycles. The Kier molecular flexibility index (Phi) is 11.8. The van der Waals surface area contributed by atoms with E-state index in [0.717, 1.165) is 0 Å². The maximum absolute atomic E-state index is 12.3. The Balaban J connectivity index is 2.32. The van der Waals surface area contributed by atoms with Crippen LogP contribution in [0, 0.1) is 5.92 Å². The van der Waals surface area contributed by atoms with Crippen LogP contribution in [-0.4, -0.2) is 81.7 Å². The van der Waals surface area contributed by atoms with Crippen molar-refractivity contribution in [2.45, 2.75) is 39.2 Å². The molecule has 0 aromatic rings. The van der Waals surface area contributed by atoms with Crippen molar-refractivity contribution < 1.29 is 43.0 Å². The average Bonchev–Trinajstić information content (AvgIpc) is 2.97. The lowest BCUT2D eigenvalue weighted by Gasteiger charge is -2.21. The smallest absolute Gasteiger partial charge is 0.407 e. The lowest BCUT2D eigenvalue weighted by molar-refractivity contribution is -0.199. The number of methoxy groups -OCH3 is 1. The quantitative estimate of drug-likeness (QED) is 0.315. The summed E-state index contributed by atoms with van der Waals surface area (Å²) < 4.78 is 20.3. The van der Waals surface area contributed by atoms with Crippen molar-refractivity contribution in [3.05, 3.63) is 0 Å². The van der Waals surface area contributed by atoms with Crippen molar-refractivity contribution in [3.8, 4) is 0 Å². The summed E-state index contributed by atoms with van der Waals surface area (Å²) in [7, 11) is 1.58. The van der Waals surface area contributed by atoms with Gasteiger partial charge in [0.05, 0.1) is 33.0 Å². The predicted octanol–water partition coefficient (Wildman–Crippen LogP) is 0.414. The Morgan fingerprint density at radius 2 is 1.52 bits per heavy atom. The zero-order valence-electron chi connectivity index (χ0n) is 17.1. The van der Waals surface area contributed by atoms with Crippen LogP contribution >= 0.6 is 0 Å². The van der Waals surface area contributed by atoms with Gasteiger partial charge in [-0.15, -0.1) is 5.06 Å². The number of carbonyl (C=O) groups excluding carboxylic acids is 4. The second kappa shape index (κ2) is 13.9. The highest BCUT2D eigenvalue weighted by Gasteiger charge is 2.35. The third kappa shape index (κ3) is 10.2. The summed E-state index contributed by atoms with van der Waals surface area (Å²) in [6.07, 6.45) is -0.590. The van der Waals surface area contributed by atoms with Gasteiger partial charge in [-0.3, -0.25) is 9.59 Å². The van der Waals surface area contributed by atoms with E-state index in [9.17, 15) is 19.2 Å². The van der Waals surface area contributed by atoms with Gasteiger partial charge in [-0.1, -0.05) is 13.8 Å². The van der Waals surface area contributed by atoms with Crippen molar-refractivity contribution in [1.29, 1.82) is 0 Å². The molecule has 1 rings (SSSR count). The van der Waals surface area contributed by atoms with Gasteiger partial charge in [0, 0.05) is 20.0 Å². The number of imide groups is 1. The molecule has 1 atom stereocenters. The fraction of sp³-hybridized carbons (Fsp3) is 0.778. The molecule has 0 aliphatic carbocycles. The molecule has 0 unspecified atom stereocenters. The minimum absolute atomic E-state index is 0.00610. The van der Waals surface area contributed by atoms with Crippen LogP contribution < -0.4 is 5.32 Å². The first kappa shape index (κ1) is 24.8. The van der Waals surface area contributed by atoms with E-state index in [2.05, 4.69) is 5.32 Å². The fourth-order valence-corrected chi connectivity index (χ4v) is 2.34. The van der Waals surface area contributed by atoms with Crippen LogP contribution in [0.2, 0.25) is 0 Å². The van der Waals surface area contributed by atoms with Gasteiger partial charge < -0.3 is 29.1 Å². The maximum Gasteiger partial charge on any atom is 0.407 e. The number of nitrogens with zero attached hydrogens (tertiary/aromatic N) is 1. The van der Waals surface area contributed by atoms with E-state index in [1.165, 1.54) is 0 Å². The number of ether oxygens (including phenoxy) is 4. The average molecular weight is 418 g/mol. The van der Waals surface area contributed by atoms with Crippen molar-refractivity contribution in [1.82, 2.24) is 10.4 Å². The van der Waals surface area contributed by atoms with Crippen molar-refractivity contribution in [2.75, 3.05) is 46.8 Å². The molecule has 1 fully saturated rings. The van der Waals surface area contributed by atoms with E-state index in [0.29, 0.717) is 31.5 Å². The van der Waals surface area contributed by atoms with Gasteiger partial charge in [0.25, 0.3) is 11.8 Å². The Morgan fingerprint density at radius 3 is 2.07 bits per heavy atom. The van der Waals surface area contributed by atoms with E-state index in [1.807, 2.05) is 13.8 Å². The molecular formula is C18H30N2O9. The number of alkyl carbamates (subject to hydrolysis) is 1. The number of amides is 3. The molecule has 1 heterocycles. The van der Waals surface area contributed by atoms with E-state index >= 15 is 0 Å². The summed E-state index contributed by atoms with van der Waals surface area (Å²) in [6.45, 7) is 5.56. The molecule has 0 radical (unpaired) electrons. The highest BCUT2D eigenvalue weighted by Crippen LogP contribution is 2.14. The van der Waals surface area contributed by atoms with Crippen LogP contribution in [0.5, 0.6) is 0 Å². The van der Waals surface area contributed by atoms with Crippen LogP contribution in [0.4, 0.5) is 4.79 Å². The first-order valence-electron chi connectivity index (χ1n) is 9.50. The molecule has 0 aromatic heterocycles. The Labute approximate surface area is 169 Å². The molecule has 0 saturated carbocycles. The molecule has 1 N–H and O–H groups in total. The van der Waals surface area contributed by atoms with Gasteiger partial charge in [-0.25, -0.2) is 9.59 Å². The second-order valence-corrected chi connectivity index (χ2v) is 6.67. The molecule has 29 heavy (non-hydrogen) atoms. The highest BCUT2D eigenvalue weighted by atomic mass is 16.7. The van der Waals surface area contributed by atoms with E-state index in [-0.39, 0.29) is 38.4 Å². The summed E-state index contributed by atoms with van der Waals surface area (Å²) in [5.74, 6) is -2.03. The van der Waals surface area contributed by atoms with E-state index in [4.69, 9.17) is 23.8 Å². The summed E-state index contributed by atoms with van der Waals surface area (Å²) in [4.78, 5) is 52.3. The van der Waals surface area contributed by atoms with Crippen molar-refractivity contribution in [2.24, 2.45) is 5.92 Å². The summed E-state index contributed by atoms with van der Waals surface area (Å²) >= 11 is 0. The topological polar surface area (TPSA) is 130 Å². The van der Waals surface area contributed by atoms with Crippen LogP contribution in [0.25, 0.3) is 0 Å². The molecular weight excluding hydrogens is 388 g/mol. The molecule has 0 spiro atoms. The lowest BCUT2D eigenvalue weighted by atomic mass is 10.0. The second-order valence-electron chi connectivity index (χ2n) is 6.67. The maximum atomic E-state index is 12.3. The predicted molar refractivity (Wildman–Crippen MR) is 98.4 cm³/mol. The fourth-order valence-electron chi connectivity index (χ4n) is 2.34. The molecule has 166 valence electrons. The lowest BCUT2D eigenvalue weighted by Crippen LogP contribution is -2.46. The first-order valence-corrected chi connectivity index (χ1v) is 9.50. The van der Waals surface area contributed by atoms with Crippen molar-refractivity contribution in [3.63, 3.8) is 0 Å². The van der Waals surface area contributed by atoms with Crippen LogP contribution in [0.1, 0.15) is 33.1 Å². The van der Waals surface area contributed by atoms with Gasteiger partial charge in [-0.05, 0) is 12.3 Å². The number of hydrogen-bond acceptors (Lipinski definition) is 9. The number of carbonyl (C=O) groups is 4. The minimum Gasteiger partial charge on any atom is -0.447 e. The minimum atomic E-state index is -1.06.